The van der Waals surface area contributed by atoms with E-state index in [1.54, 1.807) is 23.3 Å². The van der Waals surface area contributed by atoms with E-state index in [0.29, 0.717) is 17.3 Å². The highest BCUT2D eigenvalue weighted by Gasteiger charge is 2.35. The number of thioether (sulfide) groups is 1. The summed E-state index contributed by atoms with van der Waals surface area (Å²) in [4.78, 5) is 22.2. The predicted molar refractivity (Wildman–Crippen MR) is 103 cm³/mol. The second kappa shape index (κ2) is 7.40. The van der Waals surface area contributed by atoms with Crippen LogP contribution in [0.2, 0.25) is 0 Å². The van der Waals surface area contributed by atoms with E-state index in [-0.39, 0.29) is 35.8 Å². The fourth-order valence-electron chi connectivity index (χ4n) is 3.22. The normalized spacial score (nSPS) is 18.7. The van der Waals surface area contributed by atoms with Crippen LogP contribution in [0.25, 0.3) is 11.0 Å². The van der Waals surface area contributed by atoms with Crippen molar-refractivity contribution in [2.24, 2.45) is 0 Å². The number of rotatable bonds is 6. The first-order chi connectivity index (χ1) is 13.0. The third-order valence-electron chi connectivity index (χ3n) is 4.58. The van der Waals surface area contributed by atoms with E-state index in [0.717, 1.165) is 11.0 Å². The Balaban J connectivity index is 1.47. The van der Waals surface area contributed by atoms with Crippen molar-refractivity contribution in [2.75, 3.05) is 17.3 Å². The van der Waals surface area contributed by atoms with Gasteiger partial charge in [-0.1, -0.05) is 23.9 Å². The van der Waals surface area contributed by atoms with Crippen LogP contribution in [-0.2, 0) is 21.2 Å². The van der Waals surface area contributed by atoms with Gasteiger partial charge in [-0.05, 0) is 30.7 Å². The van der Waals surface area contributed by atoms with E-state index in [9.17, 15) is 13.2 Å². The molecule has 0 aliphatic carbocycles. The monoisotopic (exact) mass is 405 g/mol. The molecule has 3 aromatic rings. The molecule has 0 unspecified atom stereocenters. The van der Waals surface area contributed by atoms with Crippen molar-refractivity contribution in [3.63, 3.8) is 0 Å². The maximum absolute atomic E-state index is 12.9. The van der Waals surface area contributed by atoms with E-state index < -0.39 is 9.84 Å². The van der Waals surface area contributed by atoms with Crippen molar-refractivity contribution in [1.29, 1.82) is 0 Å². The third-order valence-corrected chi connectivity index (χ3v) is 7.18. The molecule has 4 rings (SSSR count). The molecule has 142 valence electrons. The summed E-state index contributed by atoms with van der Waals surface area (Å²) in [5, 5.41) is 0.668. The summed E-state index contributed by atoms with van der Waals surface area (Å²) in [7, 11) is -3.09. The Bertz CT molecular complexity index is 1010. The molecule has 0 spiro atoms. The molecule has 1 fully saturated rings. The quantitative estimate of drug-likeness (QED) is 0.633. The van der Waals surface area contributed by atoms with Crippen molar-refractivity contribution in [1.82, 2.24) is 14.9 Å². The molecule has 1 amide bonds. The van der Waals surface area contributed by atoms with Crippen LogP contribution < -0.4 is 0 Å². The maximum Gasteiger partial charge on any atom is 0.233 e. The van der Waals surface area contributed by atoms with E-state index in [4.69, 9.17) is 4.42 Å². The molecule has 1 atom stereocenters. The Hall–Kier alpha value is -2.26. The molecule has 0 bridgehead atoms. The Morgan fingerprint density at radius 1 is 1.30 bits per heavy atom. The van der Waals surface area contributed by atoms with Crippen LogP contribution in [-0.4, -0.2) is 52.5 Å². The zero-order valence-corrected chi connectivity index (χ0v) is 16.1. The number of furan rings is 1. The number of amides is 1. The van der Waals surface area contributed by atoms with Crippen molar-refractivity contribution in [2.45, 2.75) is 24.2 Å². The molecule has 27 heavy (non-hydrogen) atoms. The number of sulfone groups is 1. The predicted octanol–water partition coefficient (Wildman–Crippen LogP) is 2.46. The second-order valence-corrected chi connectivity index (χ2v) is 9.70. The van der Waals surface area contributed by atoms with Gasteiger partial charge in [0.25, 0.3) is 0 Å². The third kappa shape index (κ3) is 4.19. The van der Waals surface area contributed by atoms with Crippen molar-refractivity contribution >= 4 is 38.5 Å². The Morgan fingerprint density at radius 3 is 2.85 bits per heavy atom. The minimum absolute atomic E-state index is 0.00868. The number of para-hydroxylation sites is 2. The molecule has 0 saturated carbocycles. The average molecular weight is 406 g/mol. The molecular formula is C18H19N3O4S2. The lowest BCUT2D eigenvalue weighted by Crippen LogP contribution is -2.41. The molecular weight excluding hydrogens is 386 g/mol. The number of hydrogen-bond donors (Lipinski definition) is 1. The van der Waals surface area contributed by atoms with E-state index in [1.807, 2.05) is 24.3 Å². The summed E-state index contributed by atoms with van der Waals surface area (Å²) in [5.41, 5.74) is 1.77. The molecule has 1 aliphatic heterocycles. The number of hydrogen-bond acceptors (Lipinski definition) is 6. The van der Waals surface area contributed by atoms with Gasteiger partial charge in [0, 0.05) is 6.04 Å². The zero-order valence-electron chi connectivity index (χ0n) is 14.5. The fraction of sp³-hybridized carbons (Fsp3) is 0.333. The maximum atomic E-state index is 12.9. The lowest BCUT2D eigenvalue weighted by molar-refractivity contribution is -0.131. The number of nitrogens with one attached hydrogen (secondary N) is 1. The summed E-state index contributed by atoms with van der Waals surface area (Å²) >= 11 is 1.32. The summed E-state index contributed by atoms with van der Waals surface area (Å²) in [6, 6.07) is 10.9. The van der Waals surface area contributed by atoms with Crippen LogP contribution >= 0.6 is 11.8 Å². The lowest BCUT2D eigenvalue weighted by Gasteiger charge is -2.27. The SMILES string of the molecule is O=C(CSc1nc2ccccc2[nH]1)N(Cc1ccco1)[C@@H]1CCS(=O)(=O)C1. The van der Waals surface area contributed by atoms with Crippen LogP contribution in [0, 0.1) is 0 Å². The van der Waals surface area contributed by atoms with E-state index in [2.05, 4.69) is 9.97 Å². The van der Waals surface area contributed by atoms with Crippen molar-refractivity contribution < 1.29 is 17.6 Å². The number of carbonyl (C=O) groups is 1. The first kappa shape index (κ1) is 18.1. The standard InChI is InChI=1S/C18H19N3O4S2/c22-17(11-26-18-19-15-5-1-2-6-16(15)20-18)21(10-14-4-3-8-25-14)13-7-9-27(23,24)12-13/h1-6,8,13H,7,9-12H2,(H,19,20)/t13-/m1/s1. The zero-order chi connectivity index (χ0) is 18.9. The largest absolute Gasteiger partial charge is 0.467 e. The number of H-pyrrole nitrogens is 1. The Kier molecular flexibility index (Phi) is 4.96. The number of carbonyl (C=O) groups excluding carboxylic acids is 1. The highest BCUT2D eigenvalue weighted by Crippen LogP contribution is 2.24. The van der Waals surface area contributed by atoms with Gasteiger partial charge in [-0.25, -0.2) is 13.4 Å². The van der Waals surface area contributed by atoms with Crippen LogP contribution in [0.15, 0.2) is 52.2 Å². The molecule has 0 radical (unpaired) electrons. The molecule has 1 N–H and O–H groups in total. The Morgan fingerprint density at radius 2 is 2.15 bits per heavy atom. The number of nitrogens with zero attached hydrogens (tertiary/aromatic N) is 2. The molecule has 2 aromatic heterocycles. The molecule has 1 saturated heterocycles. The number of imidazole rings is 1. The first-order valence-corrected chi connectivity index (χ1v) is 11.4. The van der Waals surface area contributed by atoms with E-state index in [1.165, 1.54) is 11.8 Å². The minimum Gasteiger partial charge on any atom is -0.467 e. The van der Waals surface area contributed by atoms with Crippen molar-refractivity contribution in [3.8, 4) is 0 Å². The highest BCUT2D eigenvalue weighted by atomic mass is 32.2. The van der Waals surface area contributed by atoms with Crippen LogP contribution in [0.5, 0.6) is 0 Å². The number of fused-ring (bicyclic) bond motifs is 1. The summed E-state index contributed by atoms with van der Waals surface area (Å²) in [5.74, 6) is 0.822. The topological polar surface area (TPSA) is 96.3 Å². The smallest absolute Gasteiger partial charge is 0.233 e. The molecule has 1 aliphatic rings. The second-order valence-electron chi connectivity index (χ2n) is 6.51. The van der Waals surface area contributed by atoms with Gasteiger partial charge in [-0.2, -0.15) is 0 Å². The van der Waals surface area contributed by atoms with Gasteiger partial charge in [-0.3, -0.25) is 4.79 Å². The van der Waals surface area contributed by atoms with Crippen molar-refractivity contribution in [3.05, 3.63) is 48.4 Å². The van der Waals surface area contributed by atoms with E-state index >= 15 is 0 Å². The lowest BCUT2D eigenvalue weighted by atomic mass is 10.2. The molecule has 1 aromatic carbocycles. The fourth-order valence-corrected chi connectivity index (χ4v) is 5.73. The van der Waals surface area contributed by atoms with Crippen LogP contribution in [0.3, 0.4) is 0 Å². The summed E-state index contributed by atoms with van der Waals surface area (Å²) in [6.45, 7) is 0.271. The summed E-state index contributed by atoms with van der Waals surface area (Å²) < 4.78 is 29.1. The number of aromatic nitrogens is 2. The van der Waals surface area contributed by atoms with Gasteiger partial charge in [0.1, 0.15) is 5.76 Å². The number of benzene rings is 1. The number of aromatic amines is 1. The highest BCUT2D eigenvalue weighted by molar-refractivity contribution is 7.99. The van der Waals surface area contributed by atoms with Crippen LogP contribution in [0.1, 0.15) is 12.2 Å². The minimum atomic E-state index is -3.09. The van der Waals surface area contributed by atoms with Gasteiger partial charge in [-0.15, -0.1) is 0 Å². The Labute approximate surface area is 161 Å². The van der Waals surface area contributed by atoms with Gasteiger partial charge in [0.05, 0.1) is 41.1 Å². The van der Waals surface area contributed by atoms with Gasteiger partial charge in [0.2, 0.25) is 5.91 Å². The molecule has 9 heteroatoms. The average Bonchev–Trinajstić information content (AvgIpc) is 3.36. The van der Waals surface area contributed by atoms with Gasteiger partial charge in [0.15, 0.2) is 15.0 Å². The molecule has 3 heterocycles. The van der Waals surface area contributed by atoms with Gasteiger partial charge >= 0.3 is 0 Å². The van der Waals surface area contributed by atoms with Gasteiger partial charge < -0.3 is 14.3 Å². The van der Waals surface area contributed by atoms with Crippen LogP contribution in [0.4, 0.5) is 0 Å². The molecule has 7 nitrogen and oxygen atoms in total. The first-order valence-electron chi connectivity index (χ1n) is 8.60. The summed E-state index contributed by atoms with van der Waals surface area (Å²) in [6.07, 6.45) is 2.01.